The Bertz CT molecular complexity index is 594. The second-order valence-electron chi connectivity index (χ2n) is 4.35. The second kappa shape index (κ2) is 5.83. The largest absolute Gasteiger partial charge is 0.418 e. The number of alkyl halides is 3. The maximum Gasteiger partial charge on any atom is 0.418 e. The molecular weight excluding hydrogens is 333 g/mol. The molecule has 1 N–H and O–H groups in total. The van der Waals surface area contributed by atoms with Gasteiger partial charge in [-0.1, -0.05) is 22.0 Å². The lowest BCUT2D eigenvalue weighted by atomic mass is 10.1. The van der Waals surface area contributed by atoms with E-state index < -0.39 is 11.7 Å². The summed E-state index contributed by atoms with van der Waals surface area (Å²) in [5, 5.41) is 2.81. The van der Waals surface area contributed by atoms with Gasteiger partial charge in [-0.2, -0.15) is 13.2 Å². The molecule has 2 aromatic rings. The van der Waals surface area contributed by atoms with Gasteiger partial charge in [0, 0.05) is 28.6 Å². The third kappa shape index (κ3) is 3.72. The van der Waals surface area contributed by atoms with E-state index in [2.05, 4.69) is 26.2 Å². The van der Waals surface area contributed by atoms with Gasteiger partial charge < -0.3 is 5.32 Å². The fourth-order valence-corrected chi connectivity index (χ4v) is 2.07. The number of aryl methyl sites for hydroxylation is 1. The molecule has 0 bridgehead atoms. The molecule has 1 heterocycles. The molecule has 106 valence electrons. The number of nitrogens with one attached hydrogen (secondary N) is 1. The van der Waals surface area contributed by atoms with Crippen molar-refractivity contribution in [1.29, 1.82) is 0 Å². The van der Waals surface area contributed by atoms with Crippen molar-refractivity contribution in [2.45, 2.75) is 19.6 Å². The van der Waals surface area contributed by atoms with Crippen LogP contribution in [0.2, 0.25) is 0 Å². The van der Waals surface area contributed by atoms with Gasteiger partial charge >= 0.3 is 6.18 Å². The Kier molecular flexibility index (Phi) is 4.32. The standard InChI is InChI=1S/C14H12BrF3N2/c1-9-2-3-10(7-19-9)8-20-13-6-11(15)4-5-12(13)14(16,17)18/h2-7,20H,8H2,1H3. The second-order valence-corrected chi connectivity index (χ2v) is 5.26. The summed E-state index contributed by atoms with van der Waals surface area (Å²) >= 11 is 3.18. The fourth-order valence-electron chi connectivity index (χ4n) is 1.71. The number of pyridine rings is 1. The Morgan fingerprint density at radius 1 is 1.20 bits per heavy atom. The van der Waals surface area contributed by atoms with Gasteiger partial charge in [0.05, 0.1) is 5.56 Å². The maximum absolute atomic E-state index is 12.9. The van der Waals surface area contributed by atoms with E-state index in [1.807, 2.05) is 19.1 Å². The molecule has 1 aromatic heterocycles. The van der Waals surface area contributed by atoms with Gasteiger partial charge in [0.25, 0.3) is 0 Å². The van der Waals surface area contributed by atoms with Crippen molar-refractivity contribution in [3.63, 3.8) is 0 Å². The monoisotopic (exact) mass is 344 g/mol. The number of nitrogens with zero attached hydrogens (tertiary/aromatic N) is 1. The molecule has 0 unspecified atom stereocenters. The highest BCUT2D eigenvalue weighted by molar-refractivity contribution is 9.10. The third-order valence-corrected chi connectivity index (χ3v) is 3.24. The van der Waals surface area contributed by atoms with E-state index in [-0.39, 0.29) is 12.2 Å². The van der Waals surface area contributed by atoms with Crippen LogP contribution in [0.4, 0.5) is 18.9 Å². The van der Waals surface area contributed by atoms with E-state index in [1.54, 1.807) is 6.20 Å². The van der Waals surface area contributed by atoms with Crippen molar-refractivity contribution in [1.82, 2.24) is 4.98 Å². The lowest BCUT2D eigenvalue weighted by molar-refractivity contribution is -0.137. The van der Waals surface area contributed by atoms with Crippen LogP contribution >= 0.6 is 15.9 Å². The van der Waals surface area contributed by atoms with Crippen molar-refractivity contribution < 1.29 is 13.2 Å². The first-order valence-corrected chi connectivity index (χ1v) is 6.68. The van der Waals surface area contributed by atoms with Gasteiger partial charge in [0.1, 0.15) is 0 Å². The van der Waals surface area contributed by atoms with Crippen LogP contribution in [0.3, 0.4) is 0 Å². The van der Waals surface area contributed by atoms with E-state index in [1.165, 1.54) is 12.1 Å². The number of hydrogen-bond acceptors (Lipinski definition) is 2. The summed E-state index contributed by atoms with van der Waals surface area (Å²) in [6.45, 7) is 2.14. The Balaban J connectivity index is 2.20. The van der Waals surface area contributed by atoms with Crippen molar-refractivity contribution >= 4 is 21.6 Å². The Labute approximate surface area is 123 Å². The van der Waals surface area contributed by atoms with Gasteiger partial charge in [-0.15, -0.1) is 0 Å². The molecular formula is C14H12BrF3N2. The number of hydrogen-bond donors (Lipinski definition) is 1. The molecule has 2 rings (SSSR count). The van der Waals surface area contributed by atoms with E-state index in [4.69, 9.17) is 0 Å². The van der Waals surface area contributed by atoms with E-state index >= 15 is 0 Å². The van der Waals surface area contributed by atoms with Crippen LogP contribution in [0.15, 0.2) is 41.0 Å². The molecule has 0 radical (unpaired) electrons. The summed E-state index contributed by atoms with van der Waals surface area (Å²) in [6, 6.07) is 7.51. The Morgan fingerprint density at radius 3 is 2.55 bits per heavy atom. The zero-order chi connectivity index (χ0) is 14.8. The molecule has 0 spiro atoms. The quantitative estimate of drug-likeness (QED) is 0.866. The van der Waals surface area contributed by atoms with E-state index in [0.717, 1.165) is 17.3 Å². The van der Waals surface area contributed by atoms with Gasteiger partial charge in [0.15, 0.2) is 0 Å². The summed E-state index contributed by atoms with van der Waals surface area (Å²) < 4.78 is 39.3. The summed E-state index contributed by atoms with van der Waals surface area (Å²) in [5.41, 5.74) is 1.06. The first kappa shape index (κ1) is 14.8. The van der Waals surface area contributed by atoms with E-state index in [9.17, 15) is 13.2 Å². The van der Waals surface area contributed by atoms with Crippen molar-refractivity contribution in [2.75, 3.05) is 5.32 Å². The first-order chi connectivity index (χ1) is 9.36. The Morgan fingerprint density at radius 2 is 1.95 bits per heavy atom. The average Bonchev–Trinajstić information content (AvgIpc) is 2.36. The first-order valence-electron chi connectivity index (χ1n) is 5.88. The molecule has 0 atom stereocenters. The third-order valence-electron chi connectivity index (χ3n) is 2.74. The highest BCUT2D eigenvalue weighted by atomic mass is 79.9. The van der Waals surface area contributed by atoms with Crippen LogP contribution in [0.25, 0.3) is 0 Å². The predicted octanol–water partition coefficient (Wildman–Crippen LogP) is 4.78. The number of halogens is 4. The molecule has 0 saturated heterocycles. The molecule has 0 aliphatic rings. The smallest absolute Gasteiger partial charge is 0.380 e. The summed E-state index contributed by atoms with van der Waals surface area (Å²) in [6.07, 6.45) is -2.73. The molecule has 0 aliphatic heterocycles. The highest BCUT2D eigenvalue weighted by Gasteiger charge is 2.33. The fraction of sp³-hybridized carbons (Fsp3) is 0.214. The number of aromatic nitrogens is 1. The summed E-state index contributed by atoms with van der Waals surface area (Å²) in [7, 11) is 0. The normalized spacial score (nSPS) is 11.4. The van der Waals surface area contributed by atoms with Gasteiger partial charge in [-0.25, -0.2) is 0 Å². The van der Waals surface area contributed by atoms with Crippen LogP contribution in [0.5, 0.6) is 0 Å². The highest BCUT2D eigenvalue weighted by Crippen LogP contribution is 2.36. The lowest BCUT2D eigenvalue weighted by Gasteiger charge is -2.15. The molecule has 0 fully saturated rings. The maximum atomic E-state index is 12.9. The van der Waals surface area contributed by atoms with Crippen LogP contribution < -0.4 is 5.32 Å². The Hall–Kier alpha value is -1.56. The van der Waals surface area contributed by atoms with Gasteiger partial charge in [-0.05, 0) is 36.8 Å². The molecule has 2 nitrogen and oxygen atoms in total. The van der Waals surface area contributed by atoms with Crippen LogP contribution in [-0.2, 0) is 12.7 Å². The summed E-state index contributed by atoms with van der Waals surface area (Å²) in [5.74, 6) is 0. The van der Waals surface area contributed by atoms with Crippen molar-refractivity contribution in [2.24, 2.45) is 0 Å². The predicted molar refractivity (Wildman–Crippen MR) is 75.4 cm³/mol. The van der Waals surface area contributed by atoms with Crippen molar-refractivity contribution in [3.8, 4) is 0 Å². The zero-order valence-electron chi connectivity index (χ0n) is 10.6. The van der Waals surface area contributed by atoms with Gasteiger partial charge in [-0.3, -0.25) is 4.98 Å². The van der Waals surface area contributed by atoms with Crippen LogP contribution in [-0.4, -0.2) is 4.98 Å². The number of rotatable bonds is 3. The molecule has 1 aromatic carbocycles. The molecule has 0 amide bonds. The molecule has 0 aliphatic carbocycles. The minimum atomic E-state index is -4.38. The van der Waals surface area contributed by atoms with Crippen molar-refractivity contribution in [3.05, 3.63) is 57.8 Å². The topological polar surface area (TPSA) is 24.9 Å². The lowest BCUT2D eigenvalue weighted by Crippen LogP contribution is -2.11. The molecule has 6 heteroatoms. The summed E-state index contributed by atoms with van der Waals surface area (Å²) in [4.78, 5) is 4.11. The minimum Gasteiger partial charge on any atom is -0.380 e. The van der Waals surface area contributed by atoms with E-state index in [0.29, 0.717) is 4.47 Å². The van der Waals surface area contributed by atoms with Crippen LogP contribution in [0, 0.1) is 6.92 Å². The molecule has 0 saturated carbocycles. The molecule has 20 heavy (non-hydrogen) atoms. The van der Waals surface area contributed by atoms with Gasteiger partial charge in [0.2, 0.25) is 0 Å². The number of benzene rings is 1. The SMILES string of the molecule is Cc1ccc(CNc2cc(Br)ccc2C(F)(F)F)cn1. The number of anilines is 1. The minimum absolute atomic E-state index is 0.0486. The zero-order valence-corrected chi connectivity index (χ0v) is 12.2. The average molecular weight is 345 g/mol. The van der Waals surface area contributed by atoms with Crippen LogP contribution in [0.1, 0.15) is 16.8 Å².